The second kappa shape index (κ2) is 4.23. The molecule has 1 atom stereocenters. The number of hydrogen-bond donors (Lipinski definition) is 1. The first kappa shape index (κ1) is 10.5. The first-order chi connectivity index (χ1) is 7.18. The minimum atomic E-state index is -0.155. The van der Waals surface area contributed by atoms with Crippen LogP contribution in [0.2, 0.25) is 0 Å². The van der Waals surface area contributed by atoms with Crippen LogP contribution in [0, 0.1) is 13.8 Å². The van der Waals surface area contributed by atoms with Crippen LogP contribution in [0.3, 0.4) is 0 Å². The minimum Gasteiger partial charge on any atom is -0.391 e. The van der Waals surface area contributed by atoms with Crippen molar-refractivity contribution in [3.63, 3.8) is 0 Å². The molecule has 1 saturated heterocycles. The first-order valence-corrected chi connectivity index (χ1v) is 5.67. The number of anilines is 1. The van der Waals surface area contributed by atoms with E-state index >= 15 is 0 Å². The van der Waals surface area contributed by atoms with Gasteiger partial charge in [-0.3, -0.25) is 0 Å². The summed E-state index contributed by atoms with van der Waals surface area (Å²) in [5, 5.41) is 9.68. The monoisotopic (exact) mass is 205 g/mol. The second-order valence-electron chi connectivity index (χ2n) is 4.48. The van der Waals surface area contributed by atoms with Crippen molar-refractivity contribution >= 4 is 5.69 Å². The Balaban J connectivity index is 2.28. The largest absolute Gasteiger partial charge is 0.391 e. The van der Waals surface area contributed by atoms with Gasteiger partial charge in [0.25, 0.3) is 0 Å². The van der Waals surface area contributed by atoms with Crippen LogP contribution >= 0.6 is 0 Å². The summed E-state index contributed by atoms with van der Waals surface area (Å²) in [5.74, 6) is 0. The average Bonchev–Trinajstić information content (AvgIpc) is 2.17. The lowest BCUT2D eigenvalue weighted by Gasteiger charge is -2.34. The predicted octanol–water partition coefficient (Wildman–Crippen LogP) is 2.26. The summed E-state index contributed by atoms with van der Waals surface area (Å²) in [6.07, 6.45) is 1.88. The van der Waals surface area contributed by atoms with Gasteiger partial charge in [0.05, 0.1) is 6.10 Å². The fourth-order valence-corrected chi connectivity index (χ4v) is 2.46. The molecule has 1 aliphatic rings. The number of aryl methyl sites for hydroxylation is 2. The lowest BCUT2D eigenvalue weighted by Crippen LogP contribution is -2.38. The molecule has 1 aromatic rings. The van der Waals surface area contributed by atoms with Gasteiger partial charge in [0, 0.05) is 18.8 Å². The number of aliphatic hydroxyl groups is 1. The molecule has 0 aliphatic carbocycles. The number of benzene rings is 1. The van der Waals surface area contributed by atoms with Gasteiger partial charge in [-0.05, 0) is 37.8 Å². The van der Waals surface area contributed by atoms with Gasteiger partial charge in [-0.25, -0.2) is 0 Å². The molecule has 15 heavy (non-hydrogen) atoms. The molecule has 0 aromatic heterocycles. The lowest BCUT2D eigenvalue weighted by molar-refractivity contribution is 0.154. The maximum absolute atomic E-state index is 9.68. The Bertz CT molecular complexity index is 328. The number of rotatable bonds is 1. The maximum atomic E-state index is 9.68. The highest BCUT2D eigenvalue weighted by atomic mass is 16.3. The zero-order chi connectivity index (χ0) is 10.8. The lowest BCUT2D eigenvalue weighted by atomic mass is 10.0. The minimum absolute atomic E-state index is 0.155. The van der Waals surface area contributed by atoms with Gasteiger partial charge in [-0.15, -0.1) is 0 Å². The zero-order valence-corrected chi connectivity index (χ0v) is 9.53. The molecule has 0 radical (unpaired) electrons. The number of aliphatic hydroxyl groups excluding tert-OH is 1. The Kier molecular flexibility index (Phi) is 2.96. The van der Waals surface area contributed by atoms with E-state index in [1.807, 2.05) is 0 Å². The molecular formula is C13H19NO. The fraction of sp³-hybridized carbons (Fsp3) is 0.538. The van der Waals surface area contributed by atoms with Gasteiger partial charge >= 0.3 is 0 Å². The summed E-state index contributed by atoms with van der Waals surface area (Å²) >= 11 is 0. The summed E-state index contributed by atoms with van der Waals surface area (Å²) < 4.78 is 0. The van der Waals surface area contributed by atoms with Crippen LogP contribution in [0.5, 0.6) is 0 Å². The van der Waals surface area contributed by atoms with E-state index in [1.165, 1.54) is 16.8 Å². The van der Waals surface area contributed by atoms with Gasteiger partial charge in [0.1, 0.15) is 0 Å². The zero-order valence-electron chi connectivity index (χ0n) is 9.53. The number of para-hydroxylation sites is 1. The SMILES string of the molecule is Cc1cccc(C)c1N1CCCC(O)C1. The van der Waals surface area contributed by atoms with Crippen LogP contribution in [0.15, 0.2) is 18.2 Å². The fourth-order valence-electron chi connectivity index (χ4n) is 2.46. The Labute approximate surface area is 91.5 Å². The standard InChI is InChI=1S/C13H19NO/c1-10-5-3-6-11(2)13(10)14-8-4-7-12(15)9-14/h3,5-6,12,15H,4,7-9H2,1-2H3. The van der Waals surface area contributed by atoms with Crippen LogP contribution in [0.1, 0.15) is 24.0 Å². The topological polar surface area (TPSA) is 23.5 Å². The number of piperidine rings is 1. The highest BCUT2D eigenvalue weighted by molar-refractivity contribution is 5.59. The van der Waals surface area contributed by atoms with Crippen molar-refractivity contribution in [1.29, 1.82) is 0 Å². The molecule has 2 nitrogen and oxygen atoms in total. The average molecular weight is 205 g/mol. The van der Waals surface area contributed by atoms with Crippen molar-refractivity contribution in [2.45, 2.75) is 32.8 Å². The highest BCUT2D eigenvalue weighted by Crippen LogP contribution is 2.27. The van der Waals surface area contributed by atoms with Gasteiger partial charge in [-0.1, -0.05) is 18.2 Å². The summed E-state index contributed by atoms with van der Waals surface area (Å²) in [4.78, 5) is 2.32. The summed E-state index contributed by atoms with van der Waals surface area (Å²) in [7, 11) is 0. The van der Waals surface area contributed by atoms with Crippen LogP contribution in [-0.4, -0.2) is 24.3 Å². The molecule has 0 saturated carbocycles. The van der Waals surface area contributed by atoms with E-state index in [4.69, 9.17) is 0 Å². The van der Waals surface area contributed by atoms with Crippen LogP contribution in [-0.2, 0) is 0 Å². The van der Waals surface area contributed by atoms with E-state index in [1.54, 1.807) is 0 Å². The Morgan fingerprint density at radius 3 is 2.53 bits per heavy atom. The molecule has 0 amide bonds. The van der Waals surface area contributed by atoms with Crippen molar-refractivity contribution in [2.75, 3.05) is 18.0 Å². The third kappa shape index (κ3) is 2.15. The molecule has 1 aliphatic heterocycles. The molecule has 82 valence electrons. The first-order valence-electron chi connectivity index (χ1n) is 5.67. The molecule has 1 unspecified atom stereocenters. The third-order valence-corrected chi connectivity index (χ3v) is 3.15. The van der Waals surface area contributed by atoms with Crippen LogP contribution in [0.4, 0.5) is 5.69 Å². The molecule has 0 bridgehead atoms. The van der Waals surface area contributed by atoms with E-state index in [2.05, 4.69) is 36.9 Å². The van der Waals surface area contributed by atoms with Gasteiger partial charge in [0.2, 0.25) is 0 Å². The molecule has 1 aromatic carbocycles. The molecule has 1 N–H and O–H groups in total. The normalized spacial score (nSPS) is 21.8. The van der Waals surface area contributed by atoms with Crippen LogP contribution in [0.25, 0.3) is 0 Å². The molecule has 0 spiro atoms. The highest BCUT2D eigenvalue weighted by Gasteiger charge is 2.19. The van der Waals surface area contributed by atoms with Crippen molar-refractivity contribution in [3.8, 4) is 0 Å². The number of hydrogen-bond acceptors (Lipinski definition) is 2. The van der Waals surface area contributed by atoms with Gasteiger partial charge < -0.3 is 10.0 Å². The maximum Gasteiger partial charge on any atom is 0.0715 e. The second-order valence-corrected chi connectivity index (χ2v) is 4.48. The molecular weight excluding hydrogens is 186 g/mol. The molecule has 2 heteroatoms. The predicted molar refractivity (Wildman–Crippen MR) is 63.4 cm³/mol. The Hall–Kier alpha value is -1.02. The van der Waals surface area contributed by atoms with E-state index < -0.39 is 0 Å². The van der Waals surface area contributed by atoms with Crippen LogP contribution < -0.4 is 4.90 Å². The third-order valence-electron chi connectivity index (χ3n) is 3.15. The van der Waals surface area contributed by atoms with Crippen molar-refractivity contribution in [3.05, 3.63) is 29.3 Å². The van der Waals surface area contributed by atoms with Crippen molar-refractivity contribution in [2.24, 2.45) is 0 Å². The Morgan fingerprint density at radius 2 is 1.93 bits per heavy atom. The van der Waals surface area contributed by atoms with E-state index in [-0.39, 0.29) is 6.10 Å². The molecule has 1 fully saturated rings. The van der Waals surface area contributed by atoms with E-state index in [0.717, 1.165) is 25.9 Å². The van der Waals surface area contributed by atoms with E-state index in [9.17, 15) is 5.11 Å². The van der Waals surface area contributed by atoms with Crippen molar-refractivity contribution in [1.82, 2.24) is 0 Å². The molecule has 2 rings (SSSR count). The Morgan fingerprint density at radius 1 is 1.27 bits per heavy atom. The summed E-state index contributed by atoms with van der Waals surface area (Å²) in [6, 6.07) is 6.38. The van der Waals surface area contributed by atoms with Gasteiger partial charge in [-0.2, -0.15) is 0 Å². The van der Waals surface area contributed by atoms with Gasteiger partial charge in [0.15, 0.2) is 0 Å². The summed E-state index contributed by atoms with van der Waals surface area (Å²) in [6.45, 7) is 6.14. The van der Waals surface area contributed by atoms with Crippen molar-refractivity contribution < 1.29 is 5.11 Å². The number of β-amino-alcohol motifs (C(OH)–C–C–N with tert-alkyl or cyclic N) is 1. The van der Waals surface area contributed by atoms with E-state index in [0.29, 0.717) is 0 Å². The smallest absolute Gasteiger partial charge is 0.0715 e. The summed E-state index contributed by atoms with van der Waals surface area (Å²) in [5.41, 5.74) is 3.93. The number of nitrogens with zero attached hydrogens (tertiary/aromatic N) is 1. The molecule has 1 heterocycles. The quantitative estimate of drug-likeness (QED) is 0.760.